The highest BCUT2D eigenvalue weighted by molar-refractivity contribution is 7.12. The Labute approximate surface area is 107 Å². The number of rotatable bonds is 9. The Balaban J connectivity index is 1.96. The molecule has 1 aromatic rings. The van der Waals surface area contributed by atoms with Gasteiger partial charge in [-0.15, -0.1) is 11.3 Å². The number of Topliss-reactive ketones (excluding diaryl/α,β-unsaturated/α-hetero) is 1. The van der Waals surface area contributed by atoms with Crippen LogP contribution in [0.2, 0.25) is 0 Å². The minimum Gasteiger partial charge on any atom is -0.379 e. The van der Waals surface area contributed by atoms with E-state index in [4.69, 9.17) is 9.47 Å². The van der Waals surface area contributed by atoms with E-state index in [0.29, 0.717) is 26.2 Å². The maximum Gasteiger partial charge on any atom is 0.172 e. The standard InChI is InChI=1S/C13H20O3S/c1-11(2)16-9-8-15-7-3-5-12(14)13-6-4-10-17-13/h4,6,10-11H,3,5,7-9H2,1-2H3. The molecule has 0 saturated carbocycles. The maximum atomic E-state index is 11.6. The highest BCUT2D eigenvalue weighted by Gasteiger charge is 2.05. The van der Waals surface area contributed by atoms with Crippen LogP contribution in [0.3, 0.4) is 0 Å². The van der Waals surface area contributed by atoms with Gasteiger partial charge in [0.05, 0.1) is 24.2 Å². The molecule has 0 fully saturated rings. The fraction of sp³-hybridized carbons (Fsp3) is 0.615. The molecule has 0 aliphatic rings. The Morgan fingerprint density at radius 1 is 1.35 bits per heavy atom. The monoisotopic (exact) mass is 256 g/mol. The van der Waals surface area contributed by atoms with Crippen molar-refractivity contribution in [1.82, 2.24) is 0 Å². The number of ether oxygens (including phenoxy) is 2. The van der Waals surface area contributed by atoms with Gasteiger partial charge < -0.3 is 9.47 Å². The summed E-state index contributed by atoms with van der Waals surface area (Å²) in [6.45, 7) is 5.85. The van der Waals surface area contributed by atoms with Crippen LogP contribution >= 0.6 is 11.3 Å². The van der Waals surface area contributed by atoms with Crippen LogP contribution in [0.1, 0.15) is 36.4 Å². The zero-order valence-corrected chi connectivity index (χ0v) is 11.3. The number of thiophene rings is 1. The first kappa shape index (κ1) is 14.4. The first-order valence-electron chi connectivity index (χ1n) is 5.96. The molecule has 0 spiro atoms. The van der Waals surface area contributed by atoms with E-state index < -0.39 is 0 Å². The molecule has 0 N–H and O–H groups in total. The van der Waals surface area contributed by atoms with Gasteiger partial charge in [0.2, 0.25) is 0 Å². The van der Waals surface area contributed by atoms with Gasteiger partial charge in [-0.1, -0.05) is 6.07 Å². The van der Waals surface area contributed by atoms with E-state index in [2.05, 4.69) is 0 Å². The molecule has 0 radical (unpaired) electrons. The third-order valence-corrected chi connectivity index (χ3v) is 3.08. The van der Waals surface area contributed by atoms with Crippen molar-refractivity contribution in [2.45, 2.75) is 32.8 Å². The van der Waals surface area contributed by atoms with Crippen LogP contribution in [0.5, 0.6) is 0 Å². The van der Waals surface area contributed by atoms with E-state index in [1.54, 1.807) is 0 Å². The second-order valence-electron chi connectivity index (χ2n) is 4.04. The van der Waals surface area contributed by atoms with Gasteiger partial charge in [0.1, 0.15) is 0 Å². The first-order chi connectivity index (χ1) is 8.20. The molecule has 0 aromatic carbocycles. The van der Waals surface area contributed by atoms with Crippen LogP contribution in [0.15, 0.2) is 17.5 Å². The van der Waals surface area contributed by atoms with Crippen LogP contribution in [0.4, 0.5) is 0 Å². The van der Waals surface area contributed by atoms with Gasteiger partial charge in [0.25, 0.3) is 0 Å². The Bertz CT molecular complexity index is 306. The summed E-state index contributed by atoms with van der Waals surface area (Å²) in [6.07, 6.45) is 1.59. The van der Waals surface area contributed by atoms with Gasteiger partial charge in [-0.3, -0.25) is 4.79 Å². The third kappa shape index (κ3) is 6.56. The SMILES string of the molecule is CC(C)OCCOCCCC(=O)c1cccs1. The zero-order valence-electron chi connectivity index (χ0n) is 10.5. The average molecular weight is 256 g/mol. The number of carbonyl (C=O) groups excluding carboxylic acids is 1. The van der Waals surface area contributed by atoms with E-state index in [1.165, 1.54) is 11.3 Å². The molecule has 0 aliphatic heterocycles. The van der Waals surface area contributed by atoms with Gasteiger partial charge in [-0.05, 0) is 31.7 Å². The molecular formula is C13H20O3S. The highest BCUT2D eigenvalue weighted by Crippen LogP contribution is 2.12. The molecule has 3 nitrogen and oxygen atoms in total. The zero-order chi connectivity index (χ0) is 12.5. The molecular weight excluding hydrogens is 236 g/mol. The average Bonchev–Trinajstić information content (AvgIpc) is 2.80. The lowest BCUT2D eigenvalue weighted by atomic mass is 10.2. The number of hydrogen-bond donors (Lipinski definition) is 0. The molecule has 0 unspecified atom stereocenters. The van der Waals surface area contributed by atoms with E-state index >= 15 is 0 Å². The number of ketones is 1. The molecule has 0 bridgehead atoms. The van der Waals surface area contributed by atoms with E-state index in [9.17, 15) is 4.79 Å². The molecule has 96 valence electrons. The molecule has 0 aliphatic carbocycles. The highest BCUT2D eigenvalue weighted by atomic mass is 32.1. The minimum absolute atomic E-state index is 0.210. The summed E-state index contributed by atoms with van der Waals surface area (Å²) in [5, 5.41) is 1.92. The molecule has 17 heavy (non-hydrogen) atoms. The molecule has 0 saturated heterocycles. The van der Waals surface area contributed by atoms with E-state index in [0.717, 1.165) is 11.3 Å². The normalized spacial score (nSPS) is 11.0. The summed E-state index contributed by atoms with van der Waals surface area (Å²) >= 11 is 1.50. The van der Waals surface area contributed by atoms with Crippen molar-refractivity contribution in [3.63, 3.8) is 0 Å². The van der Waals surface area contributed by atoms with Gasteiger partial charge in [-0.2, -0.15) is 0 Å². The molecule has 4 heteroatoms. The fourth-order valence-corrected chi connectivity index (χ4v) is 2.03. The second kappa shape index (κ2) is 8.39. The predicted molar refractivity (Wildman–Crippen MR) is 69.8 cm³/mol. The summed E-state index contributed by atoms with van der Waals surface area (Å²) in [4.78, 5) is 12.5. The fourth-order valence-electron chi connectivity index (χ4n) is 1.34. The number of carbonyl (C=O) groups is 1. The minimum atomic E-state index is 0.210. The van der Waals surface area contributed by atoms with Gasteiger partial charge in [0, 0.05) is 13.0 Å². The summed E-state index contributed by atoms with van der Waals surface area (Å²) in [6, 6.07) is 3.77. The van der Waals surface area contributed by atoms with E-state index in [1.807, 2.05) is 31.4 Å². The van der Waals surface area contributed by atoms with Crippen molar-refractivity contribution in [2.24, 2.45) is 0 Å². The van der Waals surface area contributed by atoms with Gasteiger partial charge in [-0.25, -0.2) is 0 Å². The summed E-state index contributed by atoms with van der Waals surface area (Å²) in [5.41, 5.74) is 0. The van der Waals surface area contributed by atoms with Crippen LogP contribution in [0, 0.1) is 0 Å². The van der Waals surface area contributed by atoms with Crippen LogP contribution < -0.4 is 0 Å². The van der Waals surface area contributed by atoms with Gasteiger partial charge >= 0.3 is 0 Å². The van der Waals surface area contributed by atoms with Crippen molar-refractivity contribution in [3.05, 3.63) is 22.4 Å². The Morgan fingerprint density at radius 3 is 2.82 bits per heavy atom. The Kier molecular flexibility index (Phi) is 7.08. The molecule has 0 amide bonds. The lowest BCUT2D eigenvalue weighted by molar-refractivity contribution is 0.0188. The lowest BCUT2D eigenvalue weighted by Crippen LogP contribution is -2.10. The number of hydrogen-bond acceptors (Lipinski definition) is 4. The van der Waals surface area contributed by atoms with Crippen molar-refractivity contribution in [1.29, 1.82) is 0 Å². The Hall–Kier alpha value is -0.710. The van der Waals surface area contributed by atoms with E-state index in [-0.39, 0.29) is 11.9 Å². The van der Waals surface area contributed by atoms with Crippen molar-refractivity contribution < 1.29 is 14.3 Å². The quantitative estimate of drug-likeness (QED) is 0.503. The van der Waals surface area contributed by atoms with Crippen LogP contribution in [-0.4, -0.2) is 31.7 Å². The lowest BCUT2D eigenvalue weighted by Gasteiger charge is -2.07. The van der Waals surface area contributed by atoms with Crippen molar-refractivity contribution in [3.8, 4) is 0 Å². The summed E-state index contributed by atoms with van der Waals surface area (Å²) < 4.78 is 10.7. The van der Waals surface area contributed by atoms with Crippen LogP contribution in [-0.2, 0) is 9.47 Å². The molecule has 1 rings (SSSR count). The largest absolute Gasteiger partial charge is 0.379 e. The summed E-state index contributed by atoms with van der Waals surface area (Å²) in [5.74, 6) is 0.210. The second-order valence-corrected chi connectivity index (χ2v) is 4.98. The first-order valence-corrected chi connectivity index (χ1v) is 6.84. The Morgan fingerprint density at radius 2 is 2.18 bits per heavy atom. The topological polar surface area (TPSA) is 35.5 Å². The molecule has 1 heterocycles. The molecule has 0 atom stereocenters. The van der Waals surface area contributed by atoms with Crippen molar-refractivity contribution in [2.75, 3.05) is 19.8 Å². The van der Waals surface area contributed by atoms with Gasteiger partial charge in [0.15, 0.2) is 5.78 Å². The van der Waals surface area contributed by atoms with Crippen molar-refractivity contribution >= 4 is 17.1 Å². The third-order valence-electron chi connectivity index (χ3n) is 2.17. The maximum absolute atomic E-state index is 11.6. The van der Waals surface area contributed by atoms with Crippen LogP contribution in [0.25, 0.3) is 0 Å². The molecule has 1 aromatic heterocycles. The summed E-state index contributed by atoms with van der Waals surface area (Å²) in [7, 11) is 0. The smallest absolute Gasteiger partial charge is 0.172 e. The predicted octanol–water partition coefficient (Wildman–Crippen LogP) is 3.15.